The highest BCUT2D eigenvalue weighted by Crippen LogP contribution is 2.27. The van der Waals surface area contributed by atoms with E-state index in [9.17, 15) is 4.79 Å². The molecule has 1 aromatic heterocycles. The van der Waals surface area contributed by atoms with E-state index in [1.807, 2.05) is 39.0 Å². The van der Waals surface area contributed by atoms with E-state index < -0.39 is 0 Å². The van der Waals surface area contributed by atoms with Crippen molar-refractivity contribution in [2.45, 2.75) is 45.7 Å². The Morgan fingerprint density at radius 2 is 1.92 bits per heavy atom. The Morgan fingerprint density at radius 3 is 2.54 bits per heavy atom. The van der Waals surface area contributed by atoms with Gasteiger partial charge in [0.1, 0.15) is 5.82 Å². The number of aromatic amines is 1. The van der Waals surface area contributed by atoms with Crippen LogP contribution in [-0.2, 0) is 24.9 Å². The summed E-state index contributed by atoms with van der Waals surface area (Å²) in [5.41, 5.74) is 2.37. The van der Waals surface area contributed by atoms with Crippen LogP contribution in [0.3, 0.4) is 0 Å². The molecule has 0 unspecified atom stereocenters. The Morgan fingerprint density at radius 1 is 1.25 bits per heavy atom. The van der Waals surface area contributed by atoms with Gasteiger partial charge in [-0.25, -0.2) is 4.98 Å². The third kappa shape index (κ3) is 3.51. The summed E-state index contributed by atoms with van der Waals surface area (Å²) in [6.45, 7) is 8.20. The molecule has 0 fully saturated rings. The van der Waals surface area contributed by atoms with E-state index in [1.165, 1.54) is 0 Å². The van der Waals surface area contributed by atoms with Gasteiger partial charge >= 0.3 is 0 Å². The van der Waals surface area contributed by atoms with Crippen LogP contribution < -0.4 is 5.56 Å². The summed E-state index contributed by atoms with van der Waals surface area (Å²) in [5.74, 6) is 0.726. The van der Waals surface area contributed by atoms with Crippen LogP contribution >= 0.6 is 23.2 Å². The van der Waals surface area contributed by atoms with Crippen molar-refractivity contribution >= 4 is 23.2 Å². The summed E-state index contributed by atoms with van der Waals surface area (Å²) in [7, 11) is 0. The van der Waals surface area contributed by atoms with Crippen molar-refractivity contribution in [2.75, 3.05) is 6.54 Å². The number of nitrogens with zero attached hydrogens (tertiary/aromatic N) is 2. The molecule has 0 bridgehead atoms. The first-order chi connectivity index (χ1) is 11.3. The van der Waals surface area contributed by atoms with Gasteiger partial charge in [0, 0.05) is 46.2 Å². The number of hydrogen-bond donors (Lipinski definition) is 1. The lowest BCUT2D eigenvalue weighted by atomic mass is 9.95. The molecule has 128 valence electrons. The number of aromatic nitrogens is 2. The summed E-state index contributed by atoms with van der Waals surface area (Å²) >= 11 is 12.6. The van der Waals surface area contributed by atoms with E-state index in [0.717, 1.165) is 29.2 Å². The largest absolute Gasteiger partial charge is 0.310 e. The van der Waals surface area contributed by atoms with E-state index in [2.05, 4.69) is 9.88 Å². The molecule has 0 atom stereocenters. The zero-order chi connectivity index (χ0) is 17.5. The minimum atomic E-state index is -0.192. The monoisotopic (exact) mass is 365 g/mol. The van der Waals surface area contributed by atoms with Gasteiger partial charge in [-0.05, 0) is 18.6 Å². The van der Waals surface area contributed by atoms with Crippen molar-refractivity contribution in [1.82, 2.24) is 14.9 Å². The maximum absolute atomic E-state index is 12.3. The summed E-state index contributed by atoms with van der Waals surface area (Å²) in [4.78, 5) is 22.2. The smallest absolute Gasteiger partial charge is 0.254 e. The molecule has 6 heteroatoms. The zero-order valence-electron chi connectivity index (χ0n) is 14.1. The Balaban J connectivity index is 1.89. The highest BCUT2D eigenvalue weighted by molar-refractivity contribution is 6.35. The van der Waals surface area contributed by atoms with Gasteiger partial charge in [0.2, 0.25) is 0 Å². The first-order valence-corrected chi connectivity index (χ1v) is 8.79. The molecule has 1 N–H and O–H groups in total. The lowest BCUT2D eigenvalue weighted by molar-refractivity contribution is 0.239. The Labute approximate surface area is 151 Å². The minimum absolute atomic E-state index is 0.0136. The van der Waals surface area contributed by atoms with Crippen LogP contribution in [0.1, 0.15) is 43.4 Å². The lowest BCUT2D eigenvalue weighted by Crippen LogP contribution is -2.36. The molecule has 0 spiro atoms. The number of fused-ring (bicyclic) bond motifs is 1. The Hall–Kier alpha value is -1.36. The van der Waals surface area contributed by atoms with E-state index in [-0.39, 0.29) is 11.0 Å². The predicted molar refractivity (Wildman–Crippen MR) is 97.8 cm³/mol. The molecule has 0 amide bonds. The molecule has 3 rings (SSSR count). The first-order valence-electron chi connectivity index (χ1n) is 8.03. The van der Waals surface area contributed by atoms with Crippen molar-refractivity contribution in [2.24, 2.45) is 0 Å². The fourth-order valence-corrected chi connectivity index (χ4v) is 3.41. The molecule has 1 aliphatic heterocycles. The minimum Gasteiger partial charge on any atom is -0.310 e. The highest BCUT2D eigenvalue weighted by atomic mass is 35.5. The normalized spacial score (nSPS) is 15.4. The van der Waals surface area contributed by atoms with Gasteiger partial charge in [-0.2, -0.15) is 0 Å². The number of halogens is 2. The molecule has 24 heavy (non-hydrogen) atoms. The lowest BCUT2D eigenvalue weighted by Gasteiger charge is -2.29. The van der Waals surface area contributed by atoms with Crippen LogP contribution in [0.4, 0.5) is 0 Å². The molecule has 0 aliphatic carbocycles. The number of benzene rings is 1. The molecule has 0 saturated carbocycles. The molecule has 1 aliphatic rings. The Kier molecular flexibility index (Phi) is 4.73. The zero-order valence-corrected chi connectivity index (χ0v) is 15.6. The van der Waals surface area contributed by atoms with E-state index in [1.54, 1.807) is 0 Å². The molecule has 0 radical (unpaired) electrons. The number of H-pyrrole nitrogens is 1. The van der Waals surface area contributed by atoms with Crippen molar-refractivity contribution in [1.29, 1.82) is 0 Å². The number of nitrogens with one attached hydrogen (secondary N) is 1. The second-order valence-corrected chi connectivity index (χ2v) is 8.07. The molecular formula is C18H21Cl2N3O. The third-order valence-corrected chi connectivity index (χ3v) is 5.01. The fraction of sp³-hybridized carbons (Fsp3) is 0.444. The van der Waals surface area contributed by atoms with Crippen LogP contribution in [0.2, 0.25) is 10.0 Å². The van der Waals surface area contributed by atoms with Crippen molar-refractivity contribution in [3.8, 4) is 0 Å². The SMILES string of the molecule is CC(C)(C)c1nc2c(c(=O)[nH]1)CCN(Cc1c(Cl)cccc1Cl)C2. The van der Waals surface area contributed by atoms with Crippen LogP contribution in [0.25, 0.3) is 0 Å². The number of rotatable bonds is 2. The fourth-order valence-electron chi connectivity index (χ4n) is 2.89. The standard InChI is InChI=1S/C18H21Cl2N3O/c1-18(2,3)17-21-15-10-23(8-7-11(15)16(24)22-17)9-12-13(19)5-4-6-14(12)20/h4-6H,7-10H2,1-3H3,(H,21,22,24). The maximum atomic E-state index is 12.3. The van der Waals surface area contributed by atoms with Crippen molar-refractivity contribution < 1.29 is 0 Å². The average molecular weight is 366 g/mol. The van der Waals surface area contributed by atoms with Gasteiger partial charge in [-0.15, -0.1) is 0 Å². The quantitative estimate of drug-likeness (QED) is 0.876. The molecular weight excluding hydrogens is 345 g/mol. The maximum Gasteiger partial charge on any atom is 0.254 e. The van der Waals surface area contributed by atoms with Gasteiger partial charge in [-0.3, -0.25) is 9.69 Å². The van der Waals surface area contributed by atoms with E-state index >= 15 is 0 Å². The van der Waals surface area contributed by atoms with Gasteiger partial charge in [0.15, 0.2) is 0 Å². The molecule has 1 aromatic carbocycles. The second-order valence-electron chi connectivity index (χ2n) is 7.25. The molecule has 2 heterocycles. The summed E-state index contributed by atoms with van der Waals surface area (Å²) in [6.07, 6.45) is 0.685. The highest BCUT2D eigenvalue weighted by Gasteiger charge is 2.25. The van der Waals surface area contributed by atoms with Crippen LogP contribution in [-0.4, -0.2) is 21.4 Å². The third-order valence-electron chi connectivity index (χ3n) is 4.31. The van der Waals surface area contributed by atoms with Gasteiger partial charge < -0.3 is 4.98 Å². The van der Waals surface area contributed by atoms with Gasteiger partial charge in [0.25, 0.3) is 5.56 Å². The van der Waals surface area contributed by atoms with Gasteiger partial charge in [0.05, 0.1) is 5.69 Å². The summed E-state index contributed by atoms with van der Waals surface area (Å²) in [6, 6.07) is 5.54. The topological polar surface area (TPSA) is 49.0 Å². The molecule has 0 saturated heterocycles. The second kappa shape index (κ2) is 6.51. The van der Waals surface area contributed by atoms with E-state index in [0.29, 0.717) is 29.6 Å². The average Bonchev–Trinajstić information content (AvgIpc) is 2.50. The summed E-state index contributed by atoms with van der Waals surface area (Å²) < 4.78 is 0. The van der Waals surface area contributed by atoms with Gasteiger partial charge in [-0.1, -0.05) is 50.0 Å². The summed E-state index contributed by atoms with van der Waals surface area (Å²) in [5, 5.41) is 1.34. The van der Waals surface area contributed by atoms with Crippen LogP contribution in [0.5, 0.6) is 0 Å². The van der Waals surface area contributed by atoms with Crippen molar-refractivity contribution in [3.63, 3.8) is 0 Å². The Bertz CT molecular complexity index is 804. The first kappa shape index (κ1) is 17.5. The van der Waals surface area contributed by atoms with Crippen LogP contribution in [0, 0.1) is 0 Å². The molecule has 4 nitrogen and oxygen atoms in total. The van der Waals surface area contributed by atoms with Crippen LogP contribution in [0.15, 0.2) is 23.0 Å². The number of hydrogen-bond acceptors (Lipinski definition) is 3. The predicted octanol–water partition coefficient (Wildman–Crippen LogP) is 3.93. The van der Waals surface area contributed by atoms with Crippen molar-refractivity contribution in [3.05, 3.63) is 61.2 Å². The van der Waals surface area contributed by atoms with E-state index in [4.69, 9.17) is 28.2 Å². The molecule has 2 aromatic rings.